The largest absolute Gasteiger partial charge is 0.372 e. The highest BCUT2D eigenvalue weighted by molar-refractivity contribution is 7.09. The molecule has 2 bridgehead atoms. The van der Waals surface area contributed by atoms with Crippen LogP contribution < -0.4 is 5.32 Å². The van der Waals surface area contributed by atoms with E-state index in [1.807, 2.05) is 0 Å². The first-order valence-corrected chi connectivity index (χ1v) is 8.11. The molecule has 5 heteroatoms. The third-order valence-electron chi connectivity index (χ3n) is 3.77. The van der Waals surface area contributed by atoms with E-state index in [9.17, 15) is 0 Å². The van der Waals surface area contributed by atoms with Crippen molar-refractivity contribution in [3.8, 4) is 0 Å². The van der Waals surface area contributed by atoms with Crippen molar-refractivity contribution in [1.82, 2.24) is 15.2 Å². The molecule has 1 N–H and O–H groups in total. The maximum absolute atomic E-state index is 5.87. The quantitative estimate of drug-likeness (QED) is 0.896. The van der Waals surface area contributed by atoms with Crippen LogP contribution in [-0.2, 0) is 17.8 Å². The van der Waals surface area contributed by atoms with Gasteiger partial charge in [-0.3, -0.25) is 4.90 Å². The SMILES string of the molecule is CC(C)NCc1nc(CN2CC3CCC(C2)O3)cs1. The van der Waals surface area contributed by atoms with Crippen LogP contribution in [0.5, 0.6) is 0 Å². The molecule has 4 nitrogen and oxygen atoms in total. The van der Waals surface area contributed by atoms with E-state index in [1.54, 1.807) is 11.3 Å². The first-order chi connectivity index (χ1) is 9.19. The summed E-state index contributed by atoms with van der Waals surface area (Å²) in [6.45, 7) is 8.35. The molecular formula is C14H23N3OS. The van der Waals surface area contributed by atoms with Crippen molar-refractivity contribution >= 4 is 11.3 Å². The highest BCUT2D eigenvalue weighted by atomic mass is 32.1. The van der Waals surface area contributed by atoms with Gasteiger partial charge in [-0.25, -0.2) is 4.98 Å². The monoisotopic (exact) mass is 281 g/mol. The minimum Gasteiger partial charge on any atom is -0.372 e. The van der Waals surface area contributed by atoms with Crippen molar-refractivity contribution in [3.63, 3.8) is 0 Å². The topological polar surface area (TPSA) is 37.4 Å². The smallest absolute Gasteiger partial charge is 0.107 e. The van der Waals surface area contributed by atoms with Gasteiger partial charge in [-0.1, -0.05) is 13.8 Å². The molecule has 0 aromatic carbocycles. The number of fused-ring (bicyclic) bond motifs is 2. The van der Waals surface area contributed by atoms with Crippen LogP contribution in [0.3, 0.4) is 0 Å². The fourth-order valence-corrected chi connectivity index (χ4v) is 3.59. The van der Waals surface area contributed by atoms with E-state index in [4.69, 9.17) is 9.72 Å². The maximum atomic E-state index is 5.87. The number of morpholine rings is 1. The van der Waals surface area contributed by atoms with E-state index in [-0.39, 0.29) is 0 Å². The summed E-state index contributed by atoms with van der Waals surface area (Å²) in [7, 11) is 0. The lowest BCUT2D eigenvalue weighted by atomic mass is 10.2. The Balaban J connectivity index is 1.52. The van der Waals surface area contributed by atoms with Gasteiger partial charge in [-0.15, -0.1) is 11.3 Å². The van der Waals surface area contributed by atoms with Crippen LogP contribution in [0, 0.1) is 0 Å². The van der Waals surface area contributed by atoms with Crippen LogP contribution >= 0.6 is 11.3 Å². The number of hydrogen-bond donors (Lipinski definition) is 1. The van der Waals surface area contributed by atoms with Crippen LogP contribution in [0.1, 0.15) is 37.4 Å². The van der Waals surface area contributed by atoms with Crippen LogP contribution in [0.2, 0.25) is 0 Å². The molecule has 2 saturated heterocycles. The van der Waals surface area contributed by atoms with Crippen molar-refractivity contribution in [2.75, 3.05) is 13.1 Å². The Morgan fingerprint density at radius 3 is 2.84 bits per heavy atom. The molecule has 0 spiro atoms. The van der Waals surface area contributed by atoms with Gasteiger partial charge in [0.2, 0.25) is 0 Å². The summed E-state index contributed by atoms with van der Waals surface area (Å²) in [5.41, 5.74) is 1.21. The van der Waals surface area contributed by atoms with Gasteiger partial charge in [0.15, 0.2) is 0 Å². The van der Waals surface area contributed by atoms with Gasteiger partial charge in [0.25, 0.3) is 0 Å². The summed E-state index contributed by atoms with van der Waals surface area (Å²) in [6, 6.07) is 0.516. The van der Waals surface area contributed by atoms with Gasteiger partial charge in [0.1, 0.15) is 5.01 Å². The molecule has 0 saturated carbocycles. The minimum atomic E-state index is 0.472. The van der Waals surface area contributed by atoms with Gasteiger partial charge in [0, 0.05) is 37.6 Å². The van der Waals surface area contributed by atoms with Crippen LogP contribution in [0.4, 0.5) is 0 Å². The molecule has 19 heavy (non-hydrogen) atoms. The summed E-state index contributed by atoms with van der Waals surface area (Å²) in [6.07, 6.45) is 3.42. The number of nitrogens with zero attached hydrogens (tertiary/aromatic N) is 2. The summed E-state index contributed by atoms with van der Waals surface area (Å²) < 4.78 is 5.87. The fourth-order valence-electron chi connectivity index (χ4n) is 2.85. The maximum Gasteiger partial charge on any atom is 0.107 e. The van der Waals surface area contributed by atoms with Crippen molar-refractivity contribution in [2.45, 2.75) is 58.0 Å². The van der Waals surface area contributed by atoms with E-state index in [0.717, 1.165) is 26.2 Å². The van der Waals surface area contributed by atoms with Crippen molar-refractivity contribution in [1.29, 1.82) is 0 Å². The third kappa shape index (κ3) is 3.54. The van der Waals surface area contributed by atoms with Crippen molar-refractivity contribution < 1.29 is 4.74 Å². The van der Waals surface area contributed by atoms with E-state index < -0.39 is 0 Å². The molecule has 106 valence electrons. The first-order valence-electron chi connectivity index (χ1n) is 7.23. The van der Waals surface area contributed by atoms with E-state index in [1.165, 1.54) is 23.5 Å². The molecule has 2 aliphatic heterocycles. The molecule has 1 aromatic rings. The normalized spacial score (nSPS) is 27.3. The van der Waals surface area contributed by atoms with Gasteiger partial charge in [0.05, 0.1) is 17.9 Å². The minimum absolute atomic E-state index is 0.472. The lowest BCUT2D eigenvalue weighted by Crippen LogP contribution is -2.42. The lowest BCUT2D eigenvalue weighted by molar-refractivity contribution is -0.0413. The summed E-state index contributed by atoms with van der Waals surface area (Å²) in [4.78, 5) is 7.22. The molecule has 1 aromatic heterocycles. The molecule has 2 unspecified atom stereocenters. The zero-order valence-corrected chi connectivity index (χ0v) is 12.6. The number of aromatic nitrogens is 1. The predicted octanol–water partition coefficient (Wildman–Crippen LogP) is 2.00. The third-order valence-corrected chi connectivity index (χ3v) is 4.66. The Hall–Kier alpha value is -0.490. The number of nitrogens with one attached hydrogen (secondary N) is 1. The fraction of sp³-hybridized carbons (Fsp3) is 0.786. The van der Waals surface area contributed by atoms with E-state index in [2.05, 4.69) is 29.4 Å². The van der Waals surface area contributed by atoms with Gasteiger partial charge >= 0.3 is 0 Å². The number of hydrogen-bond acceptors (Lipinski definition) is 5. The highest BCUT2D eigenvalue weighted by Crippen LogP contribution is 2.27. The van der Waals surface area contributed by atoms with Crippen molar-refractivity contribution in [3.05, 3.63) is 16.1 Å². The number of likely N-dealkylation sites (tertiary alicyclic amines) is 1. The molecular weight excluding hydrogens is 258 g/mol. The number of thiazole rings is 1. The van der Waals surface area contributed by atoms with Gasteiger partial charge < -0.3 is 10.1 Å². The average Bonchev–Trinajstić information content (AvgIpc) is 2.94. The van der Waals surface area contributed by atoms with Crippen LogP contribution in [-0.4, -0.2) is 41.2 Å². The summed E-state index contributed by atoms with van der Waals surface area (Å²) in [5.74, 6) is 0. The molecule has 2 atom stereocenters. The Morgan fingerprint density at radius 2 is 2.16 bits per heavy atom. The number of ether oxygens (including phenoxy) is 1. The zero-order chi connectivity index (χ0) is 13.2. The molecule has 3 rings (SSSR count). The summed E-state index contributed by atoms with van der Waals surface area (Å²) in [5, 5.41) is 6.81. The molecule has 0 aliphatic carbocycles. The second-order valence-corrected chi connectivity index (χ2v) is 6.86. The first kappa shape index (κ1) is 13.5. The molecule has 0 amide bonds. The Kier molecular flexibility index (Phi) is 4.17. The Morgan fingerprint density at radius 1 is 1.42 bits per heavy atom. The molecule has 0 radical (unpaired) electrons. The second kappa shape index (κ2) is 5.87. The standard InChI is InChI=1S/C14H23N3OS/c1-10(2)15-5-14-16-11(9-19-14)6-17-7-12-3-4-13(8-17)18-12/h9-10,12-13,15H,3-8H2,1-2H3. The molecule has 2 aliphatic rings. The number of rotatable bonds is 5. The van der Waals surface area contributed by atoms with Crippen LogP contribution in [0.15, 0.2) is 5.38 Å². The van der Waals surface area contributed by atoms with E-state index in [0.29, 0.717) is 18.2 Å². The molecule has 3 heterocycles. The highest BCUT2D eigenvalue weighted by Gasteiger charge is 2.33. The summed E-state index contributed by atoms with van der Waals surface area (Å²) >= 11 is 1.77. The average molecular weight is 281 g/mol. The Bertz CT molecular complexity index is 409. The molecule has 2 fully saturated rings. The lowest BCUT2D eigenvalue weighted by Gasteiger charge is -2.31. The van der Waals surface area contributed by atoms with Gasteiger partial charge in [-0.2, -0.15) is 0 Å². The van der Waals surface area contributed by atoms with Crippen LogP contribution in [0.25, 0.3) is 0 Å². The van der Waals surface area contributed by atoms with E-state index >= 15 is 0 Å². The van der Waals surface area contributed by atoms with Crippen molar-refractivity contribution in [2.24, 2.45) is 0 Å². The predicted molar refractivity (Wildman–Crippen MR) is 77.3 cm³/mol. The van der Waals surface area contributed by atoms with Gasteiger partial charge in [-0.05, 0) is 12.8 Å². The second-order valence-electron chi connectivity index (χ2n) is 5.92. The zero-order valence-electron chi connectivity index (χ0n) is 11.8. The Labute approximate surface area is 119 Å².